The number of para-hydroxylation sites is 1. The Morgan fingerprint density at radius 3 is 2.33 bits per heavy atom. The van der Waals surface area contributed by atoms with Gasteiger partial charge in [-0.3, -0.25) is 4.79 Å². The van der Waals surface area contributed by atoms with E-state index in [0.29, 0.717) is 12.2 Å². The van der Waals surface area contributed by atoms with Gasteiger partial charge in [0.1, 0.15) is 5.76 Å². The molecule has 3 rings (SSSR count). The van der Waals surface area contributed by atoms with Gasteiger partial charge in [-0.2, -0.15) is 0 Å². The lowest BCUT2D eigenvalue weighted by molar-refractivity contribution is -0.146. The highest BCUT2D eigenvalue weighted by atomic mass is 16.4. The van der Waals surface area contributed by atoms with Crippen molar-refractivity contribution in [2.24, 2.45) is 0 Å². The largest absolute Gasteiger partial charge is 0.506 e. The highest BCUT2D eigenvalue weighted by molar-refractivity contribution is 6.38. The fourth-order valence-corrected chi connectivity index (χ4v) is 2.62. The second kappa shape index (κ2) is 6.42. The molecular weight excluding hydrogens is 306 g/mol. The van der Waals surface area contributed by atoms with Crippen molar-refractivity contribution in [3.8, 4) is 0 Å². The molecule has 1 heterocycles. The number of ketones is 1. The number of hydrogen-bond donors (Lipinski definition) is 2. The number of carbonyl (C=O) groups is 2. The maximum atomic E-state index is 11.4. The third-order valence-corrected chi connectivity index (χ3v) is 3.74. The molecule has 0 saturated heterocycles. The number of fused-ring (bicyclic) bond motifs is 1. The van der Waals surface area contributed by atoms with Crippen molar-refractivity contribution in [3.63, 3.8) is 0 Å². The van der Waals surface area contributed by atoms with Gasteiger partial charge >= 0.3 is 5.97 Å². The molecule has 0 amide bonds. The molecule has 0 atom stereocenters. The third-order valence-electron chi connectivity index (χ3n) is 3.74. The predicted octanol–water partition coefficient (Wildman–Crippen LogP) is 3.24. The zero-order valence-electron chi connectivity index (χ0n) is 12.7. The van der Waals surface area contributed by atoms with Crippen LogP contribution in [-0.4, -0.2) is 26.5 Å². The van der Waals surface area contributed by atoms with Crippen molar-refractivity contribution in [1.82, 2.24) is 4.57 Å². The van der Waals surface area contributed by atoms with Crippen molar-refractivity contribution in [1.29, 1.82) is 0 Å². The van der Waals surface area contributed by atoms with Crippen LogP contribution in [-0.2, 0) is 16.1 Å². The van der Waals surface area contributed by atoms with Gasteiger partial charge in [0.25, 0.3) is 5.78 Å². The van der Waals surface area contributed by atoms with Crippen LogP contribution in [0.3, 0.4) is 0 Å². The summed E-state index contributed by atoms with van der Waals surface area (Å²) in [5.74, 6) is -3.13. The van der Waals surface area contributed by atoms with Crippen LogP contribution in [0.5, 0.6) is 0 Å². The van der Waals surface area contributed by atoms with Gasteiger partial charge in [-0.1, -0.05) is 48.5 Å². The first-order valence-corrected chi connectivity index (χ1v) is 7.37. The monoisotopic (exact) mass is 321 g/mol. The van der Waals surface area contributed by atoms with E-state index >= 15 is 0 Å². The Morgan fingerprint density at radius 1 is 0.958 bits per heavy atom. The molecule has 3 aromatic rings. The Labute approximate surface area is 138 Å². The number of hydrogen-bond acceptors (Lipinski definition) is 3. The lowest BCUT2D eigenvalue weighted by Gasteiger charge is -2.10. The summed E-state index contributed by atoms with van der Waals surface area (Å²) in [5, 5.41) is 19.9. The van der Waals surface area contributed by atoms with E-state index in [0.717, 1.165) is 22.5 Å². The van der Waals surface area contributed by atoms with Gasteiger partial charge in [-0.05, 0) is 17.7 Å². The predicted molar refractivity (Wildman–Crippen MR) is 90.7 cm³/mol. The topological polar surface area (TPSA) is 79.5 Å². The molecule has 120 valence electrons. The number of aliphatic carboxylic acids is 1. The van der Waals surface area contributed by atoms with Crippen LogP contribution in [0.25, 0.3) is 16.7 Å². The minimum Gasteiger partial charge on any atom is -0.506 e. The third kappa shape index (κ3) is 3.05. The molecule has 0 radical (unpaired) electrons. The number of benzene rings is 2. The van der Waals surface area contributed by atoms with Crippen molar-refractivity contribution in [3.05, 3.63) is 78.0 Å². The Kier molecular flexibility index (Phi) is 4.16. The van der Waals surface area contributed by atoms with Crippen molar-refractivity contribution in [2.45, 2.75) is 6.54 Å². The first-order valence-electron chi connectivity index (χ1n) is 7.37. The van der Waals surface area contributed by atoms with Gasteiger partial charge in [0.2, 0.25) is 0 Å². The fourth-order valence-electron chi connectivity index (χ4n) is 2.62. The highest BCUT2D eigenvalue weighted by Gasteiger charge is 2.16. The molecule has 2 N–H and O–H groups in total. The molecule has 24 heavy (non-hydrogen) atoms. The van der Waals surface area contributed by atoms with E-state index in [2.05, 4.69) is 0 Å². The fraction of sp³-hybridized carbons (Fsp3) is 0.0526. The van der Waals surface area contributed by atoms with E-state index in [1.54, 1.807) is 6.07 Å². The van der Waals surface area contributed by atoms with Crippen molar-refractivity contribution < 1.29 is 19.8 Å². The first kappa shape index (κ1) is 15.6. The van der Waals surface area contributed by atoms with Crippen LogP contribution in [0.15, 0.2) is 66.7 Å². The van der Waals surface area contributed by atoms with Crippen LogP contribution >= 0.6 is 0 Å². The van der Waals surface area contributed by atoms with Crippen LogP contribution in [0.4, 0.5) is 0 Å². The quantitative estimate of drug-likeness (QED) is 0.429. The van der Waals surface area contributed by atoms with E-state index in [1.165, 1.54) is 0 Å². The second-order valence-electron chi connectivity index (χ2n) is 5.36. The molecule has 0 aliphatic rings. The summed E-state index contributed by atoms with van der Waals surface area (Å²) in [6, 6.07) is 19.0. The molecule has 5 nitrogen and oxygen atoms in total. The molecule has 0 aliphatic carbocycles. The van der Waals surface area contributed by atoms with Crippen molar-refractivity contribution in [2.75, 3.05) is 0 Å². The normalized spacial score (nSPS) is 11.6. The number of aromatic nitrogens is 1. The molecular formula is C19H15NO4. The van der Waals surface area contributed by atoms with Gasteiger partial charge in [0.05, 0.1) is 5.69 Å². The Balaban J connectivity index is 2.12. The summed E-state index contributed by atoms with van der Waals surface area (Å²) < 4.78 is 1.85. The molecule has 0 bridgehead atoms. The van der Waals surface area contributed by atoms with E-state index in [-0.39, 0.29) is 5.76 Å². The van der Waals surface area contributed by atoms with E-state index in [1.807, 2.05) is 59.2 Å². The smallest absolute Gasteiger partial charge is 0.376 e. The lowest BCUT2D eigenvalue weighted by Crippen LogP contribution is -2.11. The molecule has 0 fully saturated rings. The number of rotatable bonds is 5. The molecule has 0 spiro atoms. The number of carboxylic acid groups (broad SMARTS) is 1. The zero-order valence-corrected chi connectivity index (χ0v) is 12.7. The maximum absolute atomic E-state index is 11.4. The standard InChI is InChI=1S/C19H15NO4/c21-17(11-18(22)19(23)24)16-10-14-8-4-5-9-15(14)20(16)12-13-6-2-1-3-7-13/h1-11,21H,12H2,(H,23,24)/b17-11-. The van der Waals surface area contributed by atoms with Gasteiger partial charge in [0.15, 0.2) is 0 Å². The highest BCUT2D eigenvalue weighted by Crippen LogP contribution is 2.25. The summed E-state index contributed by atoms with van der Waals surface area (Å²) >= 11 is 0. The van der Waals surface area contributed by atoms with Crippen molar-refractivity contribution >= 4 is 28.4 Å². The van der Waals surface area contributed by atoms with E-state index in [9.17, 15) is 14.7 Å². The molecule has 0 saturated carbocycles. The Bertz CT molecular complexity index is 938. The first-order chi connectivity index (χ1) is 11.6. The van der Waals surface area contributed by atoms with Crippen LogP contribution < -0.4 is 0 Å². The molecule has 5 heteroatoms. The summed E-state index contributed by atoms with van der Waals surface area (Å²) in [6.45, 7) is 0.489. The Hall–Kier alpha value is -3.34. The van der Waals surface area contributed by atoms with Gasteiger partial charge in [-0.15, -0.1) is 0 Å². The second-order valence-corrected chi connectivity index (χ2v) is 5.36. The Morgan fingerprint density at radius 2 is 1.62 bits per heavy atom. The molecule has 2 aromatic carbocycles. The van der Waals surface area contributed by atoms with Crippen LogP contribution in [0.2, 0.25) is 0 Å². The van der Waals surface area contributed by atoms with Gasteiger partial charge < -0.3 is 14.8 Å². The number of carbonyl (C=O) groups excluding carboxylic acids is 1. The summed E-state index contributed by atoms with van der Waals surface area (Å²) in [5.41, 5.74) is 2.31. The van der Waals surface area contributed by atoms with Gasteiger partial charge in [-0.25, -0.2) is 4.79 Å². The van der Waals surface area contributed by atoms with Crippen LogP contribution in [0.1, 0.15) is 11.3 Å². The van der Waals surface area contributed by atoms with Gasteiger partial charge in [0, 0.05) is 23.5 Å². The number of nitrogens with zero attached hydrogens (tertiary/aromatic N) is 1. The minimum atomic E-state index is -1.60. The SMILES string of the molecule is O=C(O)C(=O)/C=C(\O)c1cc2ccccc2n1Cc1ccccc1. The average molecular weight is 321 g/mol. The van der Waals surface area contributed by atoms with E-state index < -0.39 is 11.8 Å². The average Bonchev–Trinajstić information content (AvgIpc) is 2.94. The summed E-state index contributed by atoms with van der Waals surface area (Å²) in [6.07, 6.45) is 0.734. The number of aliphatic hydroxyl groups excluding tert-OH is 1. The molecule has 1 aromatic heterocycles. The summed E-state index contributed by atoms with van der Waals surface area (Å²) in [7, 11) is 0. The maximum Gasteiger partial charge on any atom is 0.376 e. The summed E-state index contributed by atoms with van der Waals surface area (Å²) in [4.78, 5) is 22.1. The van der Waals surface area contributed by atoms with Crippen LogP contribution in [0, 0.1) is 0 Å². The number of aliphatic hydroxyl groups is 1. The zero-order chi connectivity index (χ0) is 17.1. The van der Waals surface area contributed by atoms with E-state index in [4.69, 9.17) is 5.11 Å². The lowest BCUT2D eigenvalue weighted by atomic mass is 10.2. The number of carboxylic acids is 1. The minimum absolute atomic E-state index is 0.366. The molecule has 0 aliphatic heterocycles. The molecule has 0 unspecified atom stereocenters.